The Morgan fingerprint density at radius 3 is 2.65 bits per heavy atom. The molecule has 1 unspecified atom stereocenters. The van der Waals surface area contributed by atoms with Gasteiger partial charge in [-0.25, -0.2) is 4.98 Å². The van der Waals surface area contributed by atoms with Crippen LogP contribution < -0.4 is 5.32 Å². The van der Waals surface area contributed by atoms with Crippen LogP contribution in [0, 0.1) is 13.8 Å². The summed E-state index contributed by atoms with van der Waals surface area (Å²) in [6.45, 7) is 5.96. The maximum Gasteiger partial charge on any atom is 0.194 e. The molecule has 0 aliphatic rings. The minimum atomic E-state index is 0.365. The van der Waals surface area contributed by atoms with Crippen molar-refractivity contribution < 1.29 is 0 Å². The summed E-state index contributed by atoms with van der Waals surface area (Å²) in [7, 11) is 4.26. The summed E-state index contributed by atoms with van der Waals surface area (Å²) in [5.74, 6) is 0. The molecule has 5 heteroatoms. The number of aromatic nitrogens is 2. The number of aryl methyl sites for hydroxylation is 2. The van der Waals surface area contributed by atoms with E-state index in [9.17, 15) is 0 Å². The van der Waals surface area contributed by atoms with E-state index < -0.39 is 0 Å². The van der Waals surface area contributed by atoms with Gasteiger partial charge in [0.05, 0.1) is 11.4 Å². The van der Waals surface area contributed by atoms with E-state index in [1.165, 1.54) is 16.1 Å². The zero-order chi connectivity index (χ0) is 16.4. The highest BCUT2D eigenvalue weighted by Gasteiger charge is 2.15. The van der Waals surface area contributed by atoms with Gasteiger partial charge < -0.3 is 10.2 Å². The molecule has 3 rings (SSSR count). The van der Waals surface area contributed by atoms with Crippen LogP contribution in [0.4, 0.5) is 0 Å². The fourth-order valence-corrected chi connectivity index (χ4v) is 3.81. The fraction of sp³-hybridized carbons (Fsp3) is 0.389. The molecular formula is C18H24N4S. The standard InChI is InChI=1S/C18H24N4S/c1-13-12-22-16(14(2)20-18(22)23-13)10-19-11-17(21(3)4)15-8-6-5-7-9-15/h5-9,12,17,19H,10-11H2,1-4H3. The van der Waals surface area contributed by atoms with Gasteiger partial charge in [0.2, 0.25) is 0 Å². The Hall–Kier alpha value is -1.69. The Morgan fingerprint density at radius 1 is 1.22 bits per heavy atom. The van der Waals surface area contributed by atoms with E-state index in [1.807, 2.05) is 0 Å². The first-order valence-corrected chi connectivity index (χ1v) is 8.74. The molecule has 2 heterocycles. The maximum absolute atomic E-state index is 4.66. The number of nitrogens with one attached hydrogen (secondary N) is 1. The molecule has 0 amide bonds. The van der Waals surface area contributed by atoms with Gasteiger partial charge in [0.1, 0.15) is 0 Å². The zero-order valence-corrected chi connectivity index (χ0v) is 15.0. The predicted molar refractivity (Wildman–Crippen MR) is 97.1 cm³/mol. The van der Waals surface area contributed by atoms with Gasteiger partial charge in [-0.3, -0.25) is 4.40 Å². The van der Waals surface area contributed by atoms with Crippen molar-refractivity contribution in [2.75, 3.05) is 20.6 Å². The molecule has 0 spiro atoms. The highest BCUT2D eigenvalue weighted by molar-refractivity contribution is 7.17. The second-order valence-corrected chi connectivity index (χ2v) is 7.37. The van der Waals surface area contributed by atoms with E-state index in [1.54, 1.807) is 11.3 Å². The van der Waals surface area contributed by atoms with Crippen LogP contribution in [0.2, 0.25) is 0 Å². The summed E-state index contributed by atoms with van der Waals surface area (Å²) in [5.41, 5.74) is 3.71. The number of hydrogen-bond acceptors (Lipinski definition) is 4. The molecule has 122 valence electrons. The monoisotopic (exact) mass is 328 g/mol. The molecular weight excluding hydrogens is 304 g/mol. The van der Waals surface area contributed by atoms with Crippen molar-refractivity contribution in [3.05, 3.63) is 58.4 Å². The van der Waals surface area contributed by atoms with Crippen molar-refractivity contribution in [3.63, 3.8) is 0 Å². The molecule has 0 aliphatic heterocycles. The number of fused-ring (bicyclic) bond motifs is 1. The zero-order valence-electron chi connectivity index (χ0n) is 14.2. The van der Waals surface area contributed by atoms with Gasteiger partial charge in [-0.2, -0.15) is 0 Å². The molecule has 0 fully saturated rings. The largest absolute Gasteiger partial charge is 0.309 e. The maximum atomic E-state index is 4.66. The van der Waals surface area contributed by atoms with Crippen LogP contribution in [0.25, 0.3) is 4.96 Å². The molecule has 0 bridgehead atoms. The lowest BCUT2D eigenvalue weighted by Crippen LogP contribution is -2.31. The highest BCUT2D eigenvalue weighted by atomic mass is 32.1. The van der Waals surface area contributed by atoms with Crippen LogP contribution in [0.15, 0.2) is 36.5 Å². The van der Waals surface area contributed by atoms with E-state index in [2.05, 4.69) is 84.1 Å². The molecule has 23 heavy (non-hydrogen) atoms. The van der Waals surface area contributed by atoms with E-state index >= 15 is 0 Å². The molecule has 1 N–H and O–H groups in total. The lowest BCUT2D eigenvalue weighted by molar-refractivity contribution is 0.288. The van der Waals surface area contributed by atoms with Crippen LogP contribution in [0.1, 0.15) is 27.9 Å². The number of imidazole rings is 1. The number of thiazole rings is 1. The van der Waals surface area contributed by atoms with Crippen LogP contribution in [-0.4, -0.2) is 34.9 Å². The third-order valence-electron chi connectivity index (χ3n) is 4.18. The molecule has 1 aromatic carbocycles. The van der Waals surface area contributed by atoms with Gasteiger partial charge in [-0.15, -0.1) is 11.3 Å². The van der Waals surface area contributed by atoms with Gasteiger partial charge in [0.15, 0.2) is 4.96 Å². The number of likely N-dealkylation sites (N-methyl/N-ethyl adjacent to an activating group) is 1. The lowest BCUT2D eigenvalue weighted by atomic mass is 10.1. The topological polar surface area (TPSA) is 32.6 Å². The van der Waals surface area contributed by atoms with Crippen molar-refractivity contribution in [2.24, 2.45) is 0 Å². The fourth-order valence-electron chi connectivity index (χ4n) is 2.92. The summed E-state index contributed by atoms with van der Waals surface area (Å²) in [5, 5.41) is 3.61. The third kappa shape index (κ3) is 3.47. The Balaban J connectivity index is 1.70. The van der Waals surface area contributed by atoms with Crippen molar-refractivity contribution in [1.82, 2.24) is 19.6 Å². The summed E-state index contributed by atoms with van der Waals surface area (Å²) >= 11 is 1.74. The molecule has 0 aliphatic carbocycles. The van der Waals surface area contributed by atoms with Crippen LogP contribution >= 0.6 is 11.3 Å². The van der Waals surface area contributed by atoms with Gasteiger partial charge in [-0.1, -0.05) is 30.3 Å². The van der Waals surface area contributed by atoms with Crippen LogP contribution in [-0.2, 0) is 6.54 Å². The highest BCUT2D eigenvalue weighted by Crippen LogP contribution is 2.21. The van der Waals surface area contributed by atoms with Crippen LogP contribution in [0.3, 0.4) is 0 Å². The normalized spacial score (nSPS) is 13.1. The first-order chi connectivity index (χ1) is 11.1. The van der Waals surface area contributed by atoms with Crippen molar-refractivity contribution in [1.29, 1.82) is 0 Å². The predicted octanol–water partition coefficient (Wildman–Crippen LogP) is 3.41. The van der Waals surface area contributed by atoms with Crippen molar-refractivity contribution in [3.8, 4) is 0 Å². The van der Waals surface area contributed by atoms with Gasteiger partial charge in [-0.05, 0) is 33.5 Å². The molecule has 0 saturated carbocycles. The molecule has 3 aromatic rings. The number of hydrogen-bond donors (Lipinski definition) is 1. The second-order valence-electron chi connectivity index (χ2n) is 6.16. The molecule has 0 saturated heterocycles. The van der Waals surface area contributed by atoms with E-state index in [0.29, 0.717) is 6.04 Å². The Labute approximate surface area is 141 Å². The third-order valence-corrected chi connectivity index (χ3v) is 5.08. The molecule has 1 atom stereocenters. The first-order valence-electron chi connectivity index (χ1n) is 7.92. The molecule has 4 nitrogen and oxygen atoms in total. The average molecular weight is 328 g/mol. The van der Waals surface area contributed by atoms with Gasteiger partial charge >= 0.3 is 0 Å². The second kappa shape index (κ2) is 6.83. The van der Waals surface area contributed by atoms with E-state index in [4.69, 9.17) is 0 Å². The summed E-state index contributed by atoms with van der Waals surface area (Å²) in [6, 6.07) is 11.0. The van der Waals surface area contributed by atoms with Gasteiger partial charge in [0, 0.05) is 30.2 Å². The SMILES string of the molecule is Cc1cn2c(CNCC(c3ccccc3)N(C)C)c(C)nc2s1. The Kier molecular flexibility index (Phi) is 4.80. The smallest absolute Gasteiger partial charge is 0.194 e. The van der Waals surface area contributed by atoms with Crippen LogP contribution in [0.5, 0.6) is 0 Å². The minimum Gasteiger partial charge on any atom is -0.309 e. The average Bonchev–Trinajstić information content (AvgIpc) is 3.00. The van der Waals surface area contributed by atoms with Crippen molar-refractivity contribution in [2.45, 2.75) is 26.4 Å². The number of benzene rings is 1. The quantitative estimate of drug-likeness (QED) is 0.753. The summed E-state index contributed by atoms with van der Waals surface area (Å²) in [6.07, 6.45) is 2.18. The van der Waals surface area contributed by atoms with E-state index in [0.717, 1.165) is 23.7 Å². The molecule has 2 aromatic heterocycles. The van der Waals surface area contributed by atoms with E-state index in [-0.39, 0.29) is 0 Å². The Bertz CT molecular complexity index is 773. The first kappa shape index (κ1) is 16.2. The summed E-state index contributed by atoms with van der Waals surface area (Å²) < 4.78 is 2.22. The Morgan fingerprint density at radius 2 is 1.96 bits per heavy atom. The summed E-state index contributed by atoms with van der Waals surface area (Å²) in [4.78, 5) is 9.30. The molecule has 0 radical (unpaired) electrons. The number of nitrogens with zero attached hydrogens (tertiary/aromatic N) is 3. The minimum absolute atomic E-state index is 0.365. The lowest BCUT2D eigenvalue weighted by Gasteiger charge is -2.25. The van der Waals surface area contributed by atoms with Gasteiger partial charge in [0.25, 0.3) is 0 Å². The van der Waals surface area contributed by atoms with Crippen molar-refractivity contribution >= 4 is 16.3 Å². The number of rotatable bonds is 6.